The molecule has 678 valence electrons. The van der Waals surface area contributed by atoms with E-state index in [2.05, 4.69) is 18.4 Å². The van der Waals surface area contributed by atoms with Gasteiger partial charge in [0.05, 0.1) is 51.4 Å². The van der Waals surface area contributed by atoms with Crippen LogP contribution in [0.25, 0.3) is 0 Å². The fraction of sp³-hybridized carbons (Fsp3) is 0.191. The van der Waals surface area contributed by atoms with E-state index in [0.29, 0.717) is 12.1 Å². The Morgan fingerprint density at radius 2 is 0.460 bits per heavy atom. The maximum absolute atomic E-state index is 13.6. The maximum atomic E-state index is 13.6. The summed E-state index contributed by atoms with van der Waals surface area (Å²) in [6, 6.07) is 20.4. The SMILES string of the molecule is CC(=O)OC(c1ccc(S(=O)(=O)S(=O)(=O)c2ccc(C(OC(C)=O)(C(F)(F)F)C(F)(F)F)cc2)cc1)(C(F)(F)F)C(F)(F)F.CC(=O)Oc1ccc(S(=O)(=O)Oc2c([N+](=O)[O-])cc(OC(C)=O)cc2[N+](=O)[O-])cc1.CC(=O)Oc1ccc(S(=O)(=O)Oc2c([N+](=O)[O-])cccc2[N+](=O)[O-])cc1.CC(=O)Oc1ccc(S(=O)(=O)S(=O)(=O)c2ccc(OC(C)=O)cc2)cc1. The van der Waals surface area contributed by atoms with Crippen LogP contribution in [0, 0.1) is 40.5 Å². The molecule has 0 spiro atoms. The minimum Gasteiger partial charge on any atom is -0.435 e. The number of halogens is 12. The van der Waals surface area contributed by atoms with E-state index in [-0.39, 0.29) is 85.4 Å². The summed E-state index contributed by atoms with van der Waals surface area (Å²) in [6.45, 7) is 5.99. The highest BCUT2D eigenvalue weighted by atomic mass is 33.2. The van der Waals surface area contributed by atoms with Crippen molar-refractivity contribution < 1.29 is 198 Å². The minimum absolute atomic E-state index is 0.0177. The van der Waals surface area contributed by atoms with Crippen molar-refractivity contribution in [1.82, 2.24) is 0 Å². The third kappa shape index (κ3) is 23.9. The molecule has 0 unspecified atom stereocenters. The summed E-state index contributed by atoms with van der Waals surface area (Å²) in [6.07, 6.45) is -25.6. The quantitative estimate of drug-likeness (QED) is 0.00975. The van der Waals surface area contributed by atoms with Gasteiger partial charge in [0.15, 0.2) is 0 Å². The van der Waals surface area contributed by atoms with Gasteiger partial charge >= 0.3 is 121 Å². The van der Waals surface area contributed by atoms with Gasteiger partial charge < -0.3 is 41.5 Å². The second-order valence-electron chi connectivity index (χ2n) is 23.8. The zero-order valence-electron chi connectivity index (χ0n) is 63.2. The van der Waals surface area contributed by atoms with Crippen LogP contribution in [0.1, 0.15) is 59.6 Å². The molecule has 0 radical (unpaired) electrons. The van der Waals surface area contributed by atoms with Crippen LogP contribution in [0.5, 0.6) is 40.2 Å². The Hall–Kier alpha value is -13.9. The van der Waals surface area contributed by atoms with E-state index in [0.717, 1.165) is 112 Å². The fourth-order valence-electron chi connectivity index (χ4n) is 9.69. The molecule has 0 aliphatic carbocycles. The minimum atomic E-state index is -6.39. The van der Waals surface area contributed by atoms with Crippen LogP contribution in [0.4, 0.5) is 75.4 Å². The molecule has 0 fully saturated rings. The number of nitrogens with zero attached hydrogens (tertiary/aromatic N) is 4. The van der Waals surface area contributed by atoms with Gasteiger partial charge in [-0.1, -0.05) is 24.3 Å². The van der Waals surface area contributed by atoms with Crippen LogP contribution in [0.15, 0.2) is 205 Å². The molecule has 0 bridgehead atoms. The van der Waals surface area contributed by atoms with E-state index in [1.54, 1.807) is 0 Å². The molecule has 0 amide bonds. The van der Waals surface area contributed by atoms with Gasteiger partial charge in [0.2, 0.25) is 0 Å². The lowest BCUT2D eigenvalue weighted by molar-refractivity contribution is -0.395. The van der Waals surface area contributed by atoms with Gasteiger partial charge in [-0.05, 0) is 127 Å². The Labute approximate surface area is 696 Å². The normalized spacial score (nSPS) is 12.2. The number of nitro groups is 4. The third-order valence-electron chi connectivity index (χ3n) is 14.8. The number of rotatable bonds is 25. The van der Waals surface area contributed by atoms with E-state index in [9.17, 15) is 177 Å². The highest BCUT2D eigenvalue weighted by Crippen LogP contribution is 2.55. The largest absolute Gasteiger partial charge is 0.442 e. The molecule has 0 N–H and O–H groups in total. The maximum Gasteiger partial charge on any atom is 0.442 e. The first-order chi connectivity index (χ1) is 57.6. The number of hydrogen-bond donors (Lipinski definition) is 0. The number of benzene rings is 8. The molecule has 8 rings (SSSR count). The van der Waals surface area contributed by atoms with Crippen LogP contribution >= 0.6 is 0 Å². The van der Waals surface area contributed by atoms with Gasteiger partial charge in [0.1, 0.15) is 38.5 Å². The molecule has 0 aliphatic heterocycles. The number of para-hydroxylation sites is 1. The number of esters is 7. The van der Waals surface area contributed by atoms with Gasteiger partial charge in [0.25, 0.3) is 47.0 Å². The number of carbonyl (C=O) groups excluding carboxylic acids is 7. The second kappa shape index (κ2) is 38.9. The average Bonchev–Trinajstić information content (AvgIpc) is 0.726. The first-order valence-corrected chi connectivity index (χ1v) is 42.3. The first-order valence-electron chi connectivity index (χ1n) is 32.5. The van der Waals surface area contributed by atoms with Crippen molar-refractivity contribution in [2.24, 2.45) is 0 Å². The number of carbonyl (C=O) groups is 7. The summed E-state index contributed by atoms with van der Waals surface area (Å²) < 4.78 is 354. The monoisotopic (exact) mass is 1920 g/mol. The standard InChI is InChI=1S/C22H14F12O8S2.C16H12N2O11S.C16H14O8S2.C14H10N2O9S/c1-11(35)41-17(19(23,24)25,20(26,27)28)13-3-7-15(8-4-13)43(37,38)44(39,40)16-9-5-14(6-10-16)18(21(29,30)31,22(32,33)34)42-12(2)36;1-9(19)27-11-3-5-13(6-4-11)30(25,26)29-16-14(17(21)22)7-12(28-10(2)20)8-15(16)18(23)24;1-11(17)23-13-3-7-15(8-4-13)25(19,20)26(21,22)16-9-5-14(6-10-16)24-12(2)18;1-9(17)24-10-5-7-11(8-6-10)26(22,23)25-14-12(15(18)19)3-2-4-13(14)16(20)21/h3-10H,1-2H3;3-8H,1-2H3;3-10H,1-2H3;2-8H,1H3. The van der Waals surface area contributed by atoms with Crippen molar-refractivity contribution in [2.75, 3.05) is 0 Å². The number of hydrogen-bond acceptors (Lipinski definition) is 36. The molecule has 0 saturated carbocycles. The lowest BCUT2D eigenvalue weighted by Crippen LogP contribution is -2.56. The van der Waals surface area contributed by atoms with Crippen LogP contribution in [0.2, 0.25) is 0 Å². The molecule has 8 aromatic rings. The van der Waals surface area contributed by atoms with Crippen LogP contribution in [0.3, 0.4) is 0 Å². The topological polar surface area (TPSA) is 580 Å². The summed E-state index contributed by atoms with van der Waals surface area (Å²) in [5.74, 6) is -10.0. The fourth-order valence-corrected chi connectivity index (χ4v) is 18.9. The zero-order valence-corrected chi connectivity index (χ0v) is 68.1. The number of nitro benzene ring substituents is 4. The summed E-state index contributed by atoms with van der Waals surface area (Å²) in [5.41, 5.74) is -18.5. The van der Waals surface area contributed by atoms with E-state index < -0.39 is 234 Å². The number of ether oxygens (including phenoxy) is 7. The summed E-state index contributed by atoms with van der Waals surface area (Å²) in [4.78, 5) is 112. The van der Waals surface area contributed by atoms with Gasteiger partial charge in [-0.15, -0.1) is 0 Å². The highest BCUT2D eigenvalue weighted by Gasteiger charge is 2.76. The lowest BCUT2D eigenvalue weighted by atomic mass is 9.92. The molecule has 126 heavy (non-hydrogen) atoms. The van der Waals surface area contributed by atoms with Gasteiger partial charge in [-0.2, -0.15) is 69.5 Å². The highest BCUT2D eigenvalue weighted by molar-refractivity contribution is 8.67. The van der Waals surface area contributed by atoms with Gasteiger partial charge in [-0.3, -0.25) is 74.0 Å². The van der Waals surface area contributed by atoms with Crippen molar-refractivity contribution >= 4 is 120 Å². The Balaban J connectivity index is 0.000000306. The molecule has 0 aliphatic rings. The molecular weight excluding hydrogens is 1870 g/mol. The van der Waals surface area contributed by atoms with Crippen molar-refractivity contribution in [1.29, 1.82) is 0 Å². The summed E-state index contributed by atoms with van der Waals surface area (Å²) >= 11 is 0. The predicted molar refractivity (Wildman–Crippen MR) is 390 cm³/mol. The first kappa shape index (κ1) is 103. The Bertz CT molecular complexity index is 6020. The molecule has 0 heterocycles. The van der Waals surface area contributed by atoms with E-state index in [1.165, 1.54) is 38.1 Å². The lowest BCUT2D eigenvalue weighted by Gasteiger charge is -2.36. The van der Waals surface area contributed by atoms with E-state index in [4.69, 9.17) is 23.1 Å². The van der Waals surface area contributed by atoms with Gasteiger partial charge in [-0.25, -0.2) is 33.7 Å². The van der Waals surface area contributed by atoms with Crippen molar-refractivity contribution in [3.63, 3.8) is 0 Å². The average molecular weight is 1920 g/mol. The van der Waals surface area contributed by atoms with Crippen LogP contribution in [-0.2, 0) is 110 Å². The van der Waals surface area contributed by atoms with E-state index >= 15 is 0 Å². The van der Waals surface area contributed by atoms with Crippen molar-refractivity contribution in [2.45, 2.75) is 114 Å². The number of alkyl halides is 12. The molecular formula is C68H50F12N4O36S6. The molecule has 0 saturated heterocycles. The third-order valence-corrected chi connectivity index (χ3v) is 27.6. The molecule has 0 atom stereocenters. The summed E-state index contributed by atoms with van der Waals surface area (Å²) in [5, 5.41) is 44.7. The Kier molecular flexibility index (Phi) is 31.7. The van der Waals surface area contributed by atoms with Gasteiger partial charge in [0, 0.05) is 71.7 Å². The Morgan fingerprint density at radius 1 is 0.270 bits per heavy atom. The molecule has 40 nitrogen and oxygen atoms in total. The smallest absolute Gasteiger partial charge is 0.435 e. The zero-order chi connectivity index (χ0) is 96.2. The van der Waals surface area contributed by atoms with Crippen molar-refractivity contribution in [3.8, 4) is 40.2 Å². The van der Waals surface area contributed by atoms with Crippen molar-refractivity contribution in [3.05, 3.63) is 228 Å². The second-order valence-corrected chi connectivity index (χ2v) is 37.7. The molecule has 8 aromatic carbocycles. The van der Waals surface area contributed by atoms with E-state index in [1.807, 2.05) is 0 Å². The summed E-state index contributed by atoms with van der Waals surface area (Å²) in [7, 11) is -30.7. The van der Waals surface area contributed by atoms with Crippen LogP contribution < -0.4 is 32.1 Å². The van der Waals surface area contributed by atoms with Crippen LogP contribution in [-0.4, -0.2) is 137 Å². The predicted octanol–water partition coefficient (Wildman–Crippen LogP) is 11.6. The molecule has 58 heteroatoms. The molecule has 0 aromatic heterocycles. The Morgan fingerprint density at radius 3 is 0.651 bits per heavy atom.